The summed E-state index contributed by atoms with van der Waals surface area (Å²) in [5.41, 5.74) is 0.461. The zero-order valence-electron chi connectivity index (χ0n) is 15.8. The first-order chi connectivity index (χ1) is 12.4. The highest BCUT2D eigenvalue weighted by Crippen LogP contribution is 2.30. The van der Waals surface area contributed by atoms with Crippen LogP contribution in [0.1, 0.15) is 52.0 Å². The van der Waals surface area contributed by atoms with Gasteiger partial charge in [-0.25, -0.2) is 9.59 Å². The number of rotatable bonds is 8. The van der Waals surface area contributed by atoms with Crippen molar-refractivity contribution in [3.8, 4) is 11.5 Å². The highest BCUT2D eigenvalue weighted by Gasteiger charge is 2.38. The summed E-state index contributed by atoms with van der Waals surface area (Å²) in [6.07, 6.45) is 5.90. The average Bonchev–Trinajstić information content (AvgIpc) is 2.57. The molecule has 0 atom stereocenters. The second-order valence-electron chi connectivity index (χ2n) is 6.56. The molecule has 142 valence electrons. The molecule has 0 N–H and O–H groups in total. The van der Waals surface area contributed by atoms with Crippen LogP contribution in [0.15, 0.2) is 23.8 Å². The van der Waals surface area contributed by atoms with Crippen molar-refractivity contribution in [3.63, 3.8) is 0 Å². The summed E-state index contributed by atoms with van der Waals surface area (Å²) < 4.78 is 21.3. The van der Waals surface area contributed by atoms with Crippen molar-refractivity contribution in [3.05, 3.63) is 29.3 Å². The summed E-state index contributed by atoms with van der Waals surface area (Å²) in [4.78, 5) is 24.1. The molecule has 1 aliphatic heterocycles. The van der Waals surface area contributed by atoms with Crippen molar-refractivity contribution in [1.29, 1.82) is 0 Å². The van der Waals surface area contributed by atoms with Crippen LogP contribution in [0.4, 0.5) is 0 Å². The van der Waals surface area contributed by atoms with Crippen LogP contribution in [0, 0.1) is 0 Å². The van der Waals surface area contributed by atoms with Crippen molar-refractivity contribution >= 4 is 18.0 Å². The molecule has 26 heavy (non-hydrogen) atoms. The second-order valence-corrected chi connectivity index (χ2v) is 6.56. The van der Waals surface area contributed by atoms with Gasteiger partial charge in [-0.1, -0.05) is 32.3 Å². The molecule has 2 rings (SSSR count). The fourth-order valence-electron chi connectivity index (χ4n) is 2.55. The summed E-state index contributed by atoms with van der Waals surface area (Å²) in [6, 6.07) is 5.21. The quantitative estimate of drug-likeness (QED) is 0.302. The van der Waals surface area contributed by atoms with Gasteiger partial charge < -0.3 is 18.9 Å². The minimum Gasteiger partial charge on any atom is -0.493 e. The normalized spacial score (nSPS) is 15.9. The number of esters is 2. The van der Waals surface area contributed by atoms with Crippen LogP contribution < -0.4 is 9.47 Å². The van der Waals surface area contributed by atoms with Crippen molar-refractivity contribution in [1.82, 2.24) is 0 Å². The Balaban J connectivity index is 2.11. The molecule has 0 aliphatic carbocycles. The lowest BCUT2D eigenvalue weighted by Crippen LogP contribution is -2.41. The van der Waals surface area contributed by atoms with Gasteiger partial charge in [-0.3, -0.25) is 0 Å². The van der Waals surface area contributed by atoms with Crippen molar-refractivity contribution < 1.29 is 28.5 Å². The molecule has 0 unspecified atom stereocenters. The van der Waals surface area contributed by atoms with Crippen LogP contribution in [-0.2, 0) is 19.1 Å². The molecule has 0 aromatic heterocycles. The summed E-state index contributed by atoms with van der Waals surface area (Å²) in [7, 11) is 1.54. The molecule has 1 aromatic rings. The summed E-state index contributed by atoms with van der Waals surface area (Å²) in [5.74, 6) is -1.50. The fourth-order valence-corrected chi connectivity index (χ4v) is 2.55. The maximum absolute atomic E-state index is 12.0. The van der Waals surface area contributed by atoms with Crippen molar-refractivity contribution in [2.24, 2.45) is 0 Å². The first-order valence-electron chi connectivity index (χ1n) is 8.85. The number of hydrogen-bond donors (Lipinski definition) is 0. The van der Waals surface area contributed by atoms with Gasteiger partial charge >= 0.3 is 11.9 Å². The minimum atomic E-state index is -1.25. The van der Waals surface area contributed by atoms with Gasteiger partial charge in [-0.2, -0.15) is 0 Å². The Morgan fingerprint density at radius 3 is 2.35 bits per heavy atom. The van der Waals surface area contributed by atoms with Crippen LogP contribution >= 0.6 is 0 Å². The first kappa shape index (κ1) is 19.8. The Kier molecular flexibility index (Phi) is 6.66. The lowest BCUT2D eigenvalue weighted by molar-refractivity contribution is -0.222. The lowest BCUT2D eigenvalue weighted by atomic mass is 10.1. The van der Waals surface area contributed by atoms with Crippen molar-refractivity contribution in [2.75, 3.05) is 13.7 Å². The Labute approximate surface area is 154 Å². The number of carbonyl (C=O) groups excluding carboxylic acids is 2. The maximum Gasteiger partial charge on any atom is 0.348 e. The summed E-state index contributed by atoms with van der Waals surface area (Å²) in [6.45, 7) is 5.80. The van der Waals surface area contributed by atoms with Crippen LogP contribution in [0.5, 0.6) is 11.5 Å². The molecule has 0 bridgehead atoms. The van der Waals surface area contributed by atoms with Gasteiger partial charge in [0.15, 0.2) is 11.5 Å². The van der Waals surface area contributed by atoms with E-state index >= 15 is 0 Å². The molecule has 1 fully saturated rings. The van der Waals surface area contributed by atoms with E-state index in [-0.39, 0.29) is 5.57 Å². The number of ether oxygens (including phenoxy) is 4. The van der Waals surface area contributed by atoms with Gasteiger partial charge in [0.05, 0.1) is 13.7 Å². The van der Waals surface area contributed by atoms with Crippen LogP contribution in [0.3, 0.4) is 0 Å². The smallest absolute Gasteiger partial charge is 0.348 e. The Bertz CT molecular complexity index is 668. The standard InChI is InChI=1S/C20H26O6/c1-5-6-7-8-11-24-16-10-9-14(13-17(16)23-4)12-15-18(21)25-20(2,3)26-19(15)22/h9-10,12-13H,5-8,11H2,1-4H3. The fraction of sp³-hybridized carbons (Fsp3) is 0.500. The third-order valence-electron chi connectivity index (χ3n) is 3.87. The zero-order chi connectivity index (χ0) is 19.2. The number of unbranched alkanes of at least 4 members (excludes halogenated alkanes) is 3. The van der Waals surface area contributed by atoms with Gasteiger partial charge in [0.1, 0.15) is 5.57 Å². The van der Waals surface area contributed by atoms with Crippen LogP contribution in [-0.4, -0.2) is 31.4 Å². The molecule has 1 saturated heterocycles. The monoisotopic (exact) mass is 362 g/mol. The van der Waals surface area contributed by atoms with E-state index in [0.29, 0.717) is 23.7 Å². The van der Waals surface area contributed by atoms with E-state index in [1.807, 2.05) is 0 Å². The molecule has 6 heteroatoms. The average molecular weight is 362 g/mol. The third kappa shape index (κ3) is 5.25. The Morgan fingerprint density at radius 1 is 1.04 bits per heavy atom. The molecule has 1 aromatic carbocycles. The van der Waals surface area contributed by atoms with Crippen LogP contribution in [0.2, 0.25) is 0 Å². The highest BCUT2D eigenvalue weighted by atomic mass is 16.7. The van der Waals surface area contributed by atoms with Gasteiger partial charge in [-0.15, -0.1) is 0 Å². The van der Waals surface area contributed by atoms with E-state index in [4.69, 9.17) is 18.9 Å². The Hall–Kier alpha value is -2.50. The topological polar surface area (TPSA) is 71.1 Å². The molecule has 0 spiro atoms. The lowest BCUT2D eigenvalue weighted by Gasteiger charge is -2.29. The van der Waals surface area contributed by atoms with E-state index in [1.165, 1.54) is 32.8 Å². The number of hydrogen-bond acceptors (Lipinski definition) is 6. The number of benzene rings is 1. The van der Waals surface area contributed by atoms with Gasteiger partial charge in [-0.05, 0) is 30.2 Å². The molecule has 0 saturated carbocycles. The second kappa shape index (κ2) is 8.74. The van der Waals surface area contributed by atoms with E-state index < -0.39 is 17.7 Å². The first-order valence-corrected chi connectivity index (χ1v) is 8.85. The van der Waals surface area contributed by atoms with Crippen LogP contribution in [0.25, 0.3) is 6.08 Å². The summed E-state index contributed by atoms with van der Waals surface area (Å²) >= 11 is 0. The van der Waals surface area contributed by atoms with E-state index in [2.05, 4.69) is 6.92 Å². The number of methoxy groups -OCH3 is 1. The molecule has 1 heterocycles. The van der Waals surface area contributed by atoms with E-state index in [0.717, 1.165) is 12.8 Å². The molecule has 6 nitrogen and oxygen atoms in total. The predicted molar refractivity (Wildman–Crippen MR) is 96.9 cm³/mol. The van der Waals surface area contributed by atoms with E-state index in [1.54, 1.807) is 25.3 Å². The largest absolute Gasteiger partial charge is 0.493 e. The zero-order valence-corrected chi connectivity index (χ0v) is 15.8. The molecule has 1 aliphatic rings. The molecule has 0 amide bonds. The maximum atomic E-state index is 12.0. The number of carbonyl (C=O) groups is 2. The Morgan fingerprint density at radius 2 is 1.73 bits per heavy atom. The molecular formula is C20H26O6. The summed E-state index contributed by atoms with van der Waals surface area (Å²) in [5, 5.41) is 0. The minimum absolute atomic E-state index is 0.153. The SMILES string of the molecule is CCCCCCOc1ccc(C=C2C(=O)OC(C)(C)OC2=O)cc1OC. The predicted octanol–water partition coefficient (Wildman–Crippen LogP) is 3.87. The molecular weight excluding hydrogens is 336 g/mol. The van der Waals surface area contributed by atoms with Crippen molar-refractivity contribution in [2.45, 2.75) is 52.2 Å². The van der Waals surface area contributed by atoms with Gasteiger partial charge in [0, 0.05) is 13.8 Å². The molecule has 0 radical (unpaired) electrons. The number of cyclic esters (lactones) is 2. The van der Waals surface area contributed by atoms with E-state index in [9.17, 15) is 9.59 Å². The van der Waals surface area contributed by atoms with Gasteiger partial charge in [0.25, 0.3) is 5.79 Å². The van der Waals surface area contributed by atoms with Gasteiger partial charge in [0.2, 0.25) is 0 Å². The highest BCUT2D eigenvalue weighted by molar-refractivity contribution is 6.18. The third-order valence-corrected chi connectivity index (χ3v) is 3.87.